The number of amides is 1. The molecule has 1 fully saturated rings. The zero-order valence-corrected chi connectivity index (χ0v) is 12.2. The number of nitrogens with one attached hydrogen (secondary N) is 1. The molecule has 1 heterocycles. The van der Waals surface area contributed by atoms with E-state index in [2.05, 4.69) is 5.32 Å². The Morgan fingerprint density at radius 2 is 2.26 bits per heavy atom. The Morgan fingerprint density at radius 3 is 2.87 bits per heavy atom. The molecule has 1 saturated heterocycles. The molecule has 1 aromatic carbocycles. The molecule has 1 unspecified atom stereocenters. The third kappa shape index (κ3) is 4.83. The highest BCUT2D eigenvalue weighted by Crippen LogP contribution is 2.29. The summed E-state index contributed by atoms with van der Waals surface area (Å²) in [6.45, 7) is 0.923. The van der Waals surface area contributed by atoms with Crippen molar-refractivity contribution in [2.75, 3.05) is 13.2 Å². The Balaban J connectivity index is 2.08. The molecule has 0 spiro atoms. The van der Waals surface area contributed by atoms with Crippen molar-refractivity contribution >= 4 is 12.0 Å². The number of halogens is 3. The topological polar surface area (TPSA) is 62.1 Å². The highest BCUT2D eigenvalue weighted by molar-refractivity contribution is 6.01. The number of hydrogen-bond donors (Lipinski definition) is 1. The molecule has 0 aliphatic carbocycles. The molecule has 1 amide bonds. The Kier molecular flexibility index (Phi) is 5.40. The number of carbonyl (C=O) groups is 1. The fraction of sp³-hybridized carbons (Fsp3) is 0.375. The average Bonchev–Trinajstić information content (AvgIpc) is 3.03. The minimum Gasteiger partial charge on any atom is -0.376 e. The van der Waals surface area contributed by atoms with E-state index in [1.165, 1.54) is 12.1 Å². The maximum Gasteiger partial charge on any atom is 0.416 e. The maximum absolute atomic E-state index is 12.7. The number of nitrogens with zero attached hydrogens (tertiary/aromatic N) is 1. The number of carbonyl (C=O) groups excluding carboxylic acids is 1. The number of hydrogen-bond acceptors (Lipinski definition) is 3. The fourth-order valence-corrected chi connectivity index (χ4v) is 2.23. The Bertz CT molecular complexity index is 641. The molecule has 0 radical (unpaired) electrons. The van der Waals surface area contributed by atoms with Gasteiger partial charge in [-0.2, -0.15) is 18.4 Å². The molecular weight excluding hydrogens is 309 g/mol. The molecule has 1 N–H and O–H groups in total. The van der Waals surface area contributed by atoms with Gasteiger partial charge in [0.1, 0.15) is 11.6 Å². The van der Waals surface area contributed by atoms with Crippen LogP contribution in [0.2, 0.25) is 0 Å². The van der Waals surface area contributed by atoms with E-state index >= 15 is 0 Å². The summed E-state index contributed by atoms with van der Waals surface area (Å²) in [7, 11) is 0. The molecule has 1 atom stereocenters. The summed E-state index contributed by atoms with van der Waals surface area (Å²) in [6.07, 6.45) is -1.66. The van der Waals surface area contributed by atoms with Crippen LogP contribution in [0.15, 0.2) is 29.8 Å². The summed E-state index contributed by atoms with van der Waals surface area (Å²) in [5.41, 5.74) is -0.936. The summed E-state index contributed by atoms with van der Waals surface area (Å²) in [5, 5.41) is 11.6. The lowest BCUT2D eigenvalue weighted by Gasteiger charge is -2.10. The van der Waals surface area contributed by atoms with Gasteiger partial charge in [0.2, 0.25) is 0 Å². The highest BCUT2D eigenvalue weighted by atomic mass is 19.4. The largest absolute Gasteiger partial charge is 0.416 e. The molecule has 4 nitrogen and oxygen atoms in total. The number of alkyl halides is 3. The van der Waals surface area contributed by atoms with Crippen molar-refractivity contribution in [1.29, 1.82) is 5.26 Å². The van der Waals surface area contributed by atoms with Crippen LogP contribution in [-0.2, 0) is 15.7 Å². The van der Waals surface area contributed by atoms with Crippen LogP contribution in [0.25, 0.3) is 6.08 Å². The first-order chi connectivity index (χ1) is 10.9. The van der Waals surface area contributed by atoms with Crippen molar-refractivity contribution in [2.24, 2.45) is 0 Å². The first kappa shape index (κ1) is 17.0. The Labute approximate surface area is 131 Å². The highest BCUT2D eigenvalue weighted by Gasteiger charge is 2.30. The Morgan fingerprint density at radius 1 is 1.48 bits per heavy atom. The third-order valence-corrected chi connectivity index (χ3v) is 3.40. The van der Waals surface area contributed by atoms with Gasteiger partial charge >= 0.3 is 6.18 Å². The molecule has 1 aliphatic rings. The normalized spacial score (nSPS) is 18.5. The minimum absolute atomic E-state index is 0.0764. The van der Waals surface area contributed by atoms with Crippen LogP contribution in [0, 0.1) is 11.3 Å². The van der Waals surface area contributed by atoms with E-state index in [0.717, 1.165) is 31.1 Å². The number of nitriles is 1. The lowest BCUT2D eigenvalue weighted by atomic mass is 10.1. The first-order valence-electron chi connectivity index (χ1n) is 7.09. The van der Waals surface area contributed by atoms with Gasteiger partial charge in [-0.05, 0) is 36.6 Å². The maximum atomic E-state index is 12.7. The van der Waals surface area contributed by atoms with E-state index in [4.69, 9.17) is 10.00 Å². The van der Waals surface area contributed by atoms with Crippen molar-refractivity contribution in [3.63, 3.8) is 0 Å². The lowest BCUT2D eigenvalue weighted by molar-refractivity contribution is -0.137. The molecule has 1 aromatic rings. The molecule has 122 valence electrons. The van der Waals surface area contributed by atoms with Gasteiger partial charge < -0.3 is 10.1 Å². The van der Waals surface area contributed by atoms with Gasteiger partial charge in [0.25, 0.3) is 5.91 Å². The number of ether oxygens (including phenoxy) is 1. The fourth-order valence-electron chi connectivity index (χ4n) is 2.23. The average molecular weight is 324 g/mol. The second kappa shape index (κ2) is 7.29. The molecule has 7 heteroatoms. The van der Waals surface area contributed by atoms with Gasteiger partial charge in [0, 0.05) is 13.2 Å². The molecule has 1 aliphatic heterocycles. The van der Waals surface area contributed by atoms with Gasteiger partial charge in [-0.25, -0.2) is 0 Å². The van der Waals surface area contributed by atoms with Gasteiger partial charge in [0.05, 0.1) is 11.7 Å². The van der Waals surface area contributed by atoms with Crippen LogP contribution in [0.4, 0.5) is 13.2 Å². The van der Waals surface area contributed by atoms with E-state index in [1.54, 1.807) is 6.07 Å². The van der Waals surface area contributed by atoms with E-state index in [1.807, 2.05) is 0 Å². The van der Waals surface area contributed by atoms with E-state index < -0.39 is 17.6 Å². The standard InChI is InChI=1S/C16H15F3N2O2/c17-16(18,19)13-4-1-3-11(8-13)7-12(9-20)15(22)21-10-14-5-2-6-23-14/h1,3-4,7-8,14H,2,5-6,10H2,(H,21,22)/b12-7+. The lowest BCUT2D eigenvalue weighted by Crippen LogP contribution is -2.32. The summed E-state index contributed by atoms with van der Waals surface area (Å²) < 4.78 is 43.3. The van der Waals surface area contributed by atoms with Crippen LogP contribution < -0.4 is 5.32 Å². The van der Waals surface area contributed by atoms with Crippen LogP contribution >= 0.6 is 0 Å². The SMILES string of the molecule is N#C/C(=C\c1cccc(C(F)(F)F)c1)C(=O)NCC1CCCO1. The number of rotatable bonds is 4. The van der Waals surface area contributed by atoms with Crippen LogP contribution in [0.1, 0.15) is 24.0 Å². The van der Waals surface area contributed by atoms with Gasteiger partial charge in [-0.15, -0.1) is 0 Å². The van der Waals surface area contributed by atoms with Crippen LogP contribution in [0.5, 0.6) is 0 Å². The first-order valence-corrected chi connectivity index (χ1v) is 7.09. The molecule has 2 rings (SSSR count). The molecule has 0 aromatic heterocycles. The van der Waals surface area contributed by atoms with Crippen molar-refractivity contribution in [3.05, 3.63) is 41.0 Å². The summed E-state index contributed by atoms with van der Waals surface area (Å²) in [6, 6.07) is 6.17. The summed E-state index contributed by atoms with van der Waals surface area (Å²) >= 11 is 0. The predicted molar refractivity (Wildman–Crippen MR) is 77.0 cm³/mol. The van der Waals surface area contributed by atoms with E-state index in [0.29, 0.717) is 6.61 Å². The monoisotopic (exact) mass is 324 g/mol. The van der Waals surface area contributed by atoms with Gasteiger partial charge in [0.15, 0.2) is 0 Å². The van der Waals surface area contributed by atoms with Crippen LogP contribution in [-0.4, -0.2) is 25.2 Å². The Hall–Kier alpha value is -2.33. The molecule has 0 bridgehead atoms. The number of benzene rings is 1. The molecule has 23 heavy (non-hydrogen) atoms. The van der Waals surface area contributed by atoms with Crippen molar-refractivity contribution < 1.29 is 22.7 Å². The molecule has 0 saturated carbocycles. The summed E-state index contributed by atoms with van der Waals surface area (Å²) in [5.74, 6) is -0.625. The smallest absolute Gasteiger partial charge is 0.376 e. The van der Waals surface area contributed by atoms with Crippen molar-refractivity contribution in [1.82, 2.24) is 5.32 Å². The zero-order chi connectivity index (χ0) is 16.9. The van der Waals surface area contributed by atoms with E-state index in [-0.39, 0.29) is 23.8 Å². The van der Waals surface area contributed by atoms with E-state index in [9.17, 15) is 18.0 Å². The van der Waals surface area contributed by atoms with Crippen molar-refractivity contribution in [3.8, 4) is 6.07 Å². The molecular formula is C16H15F3N2O2. The predicted octanol–water partition coefficient (Wildman–Crippen LogP) is 2.91. The zero-order valence-electron chi connectivity index (χ0n) is 12.2. The summed E-state index contributed by atoms with van der Waals surface area (Å²) in [4.78, 5) is 11.9. The van der Waals surface area contributed by atoms with Crippen LogP contribution in [0.3, 0.4) is 0 Å². The second-order valence-corrected chi connectivity index (χ2v) is 5.14. The second-order valence-electron chi connectivity index (χ2n) is 5.14. The van der Waals surface area contributed by atoms with Crippen molar-refractivity contribution in [2.45, 2.75) is 25.1 Å². The van der Waals surface area contributed by atoms with Gasteiger partial charge in [-0.3, -0.25) is 4.79 Å². The third-order valence-electron chi connectivity index (χ3n) is 3.40. The quantitative estimate of drug-likeness (QED) is 0.684. The van der Waals surface area contributed by atoms with Gasteiger partial charge in [-0.1, -0.05) is 12.1 Å². The minimum atomic E-state index is -4.47.